The molecule has 4 nitrogen and oxygen atoms in total. The van der Waals surface area contributed by atoms with E-state index >= 15 is 0 Å². The Morgan fingerprint density at radius 1 is 1.04 bits per heavy atom. The molecule has 150 valence electrons. The largest absolute Gasteiger partial charge is 0.379 e. The van der Waals surface area contributed by atoms with Gasteiger partial charge in [-0.25, -0.2) is 0 Å². The predicted molar refractivity (Wildman–Crippen MR) is 114 cm³/mol. The number of carbonyl (C=O) groups is 1. The van der Waals surface area contributed by atoms with Gasteiger partial charge in [-0.15, -0.1) is 0 Å². The van der Waals surface area contributed by atoms with Crippen molar-refractivity contribution in [1.82, 2.24) is 10.2 Å². The Bertz CT molecular complexity index is 770. The van der Waals surface area contributed by atoms with Gasteiger partial charge in [-0.3, -0.25) is 9.69 Å². The van der Waals surface area contributed by atoms with Crippen LogP contribution in [0.3, 0.4) is 0 Å². The van der Waals surface area contributed by atoms with Crippen LogP contribution in [0.5, 0.6) is 0 Å². The molecular weight excluding hydrogens is 348 g/mol. The van der Waals surface area contributed by atoms with Crippen molar-refractivity contribution in [3.05, 3.63) is 70.8 Å². The summed E-state index contributed by atoms with van der Waals surface area (Å²) in [5.74, 6) is -0.0224. The van der Waals surface area contributed by atoms with E-state index in [2.05, 4.69) is 62.2 Å². The van der Waals surface area contributed by atoms with Crippen LogP contribution in [0.15, 0.2) is 48.5 Å². The summed E-state index contributed by atoms with van der Waals surface area (Å²) in [7, 11) is 0. The number of ether oxygens (including phenoxy) is 1. The highest BCUT2D eigenvalue weighted by Crippen LogP contribution is 2.23. The van der Waals surface area contributed by atoms with Crippen LogP contribution in [0.1, 0.15) is 53.9 Å². The van der Waals surface area contributed by atoms with Gasteiger partial charge < -0.3 is 10.1 Å². The third kappa shape index (κ3) is 5.21. The van der Waals surface area contributed by atoms with E-state index in [1.807, 2.05) is 24.3 Å². The fraction of sp³-hybridized carbons (Fsp3) is 0.458. The number of hydrogen-bond acceptors (Lipinski definition) is 3. The molecule has 1 N–H and O–H groups in total. The topological polar surface area (TPSA) is 41.6 Å². The number of amides is 1. The number of nitrogens with zero attached hydrogens (tertiary/aromatic N) is 1. The van der Waals surface area contributed by atoms with Crippen LogP contribution in [0.25, 0.3) is 0 Å². The summed E-state index contributed by atoms with van der Waals surface area (Å²) < 4.78 is 5.51. The average Bonchev–Trinajstić information content (AvgIpc) is 2.69. The van der Waals surface area contributed by atoms with E-state index in [-0.39, 0.29) is 17.4 Å². The molecule has 4 heteroatoms. The third-order valence-corrected chi connectivity index (χ3v) is 5.42. The number of nitrogens with one attached hydrogen (secondary N) is 1. The maximum atomic E-state index is 12.7. The van der Waals surface area contributed by atoms with Gasteiger partial charge in [-0.05, 0) is 35.6 Å². The zero-order valence-electron chi connectivity index (χ0n) is 17.5. The molecule has 28 heavy (non-hydrogen) atoms. The SMILES string of the molecule is Cc1ccc([C@@H](CNC(=O)c2ccc(C(C)(C)C)cc2)N2CCOCC2)cc1. The number of morpholine rings is 1. The zero-order valence-corrected chi connectivity index (χ0v) is 17.5. The highest BCUT2D eigenvalue weighted by atomic mass is 16.5. The Balaban J connectivity index is 1.70. The van der Waals surface area contributed by atoms with E-state index in [9.17, 15) is 4.79 Å². The molecule has 0 unspecified atom stereocenters. The van der Waals surface area contributed by atoms with E-state index in [0.717, 1.165) is 26.3 Å². The Morgan fingerprint density at radius 2 is 1.64 bits per heavy atom. The molecule has 0 radical (unpaired) electrons. The summed E-state index contributed by atoms with van der Waals surface area (Å²) in [5, 5.41) is 3.15. The van der Waals surface area contributed by atoms with E-state index in [0.29, 0.717) is 12.1 Å². The van der Waals surface area contributed by atoms with Crippen molar-refractivity contribution in [2.24, 2.45) is 0 Å². The van der Waals surface area contributed by atoms with Crippen molar-refractivity contribution in [2.75, 3.05) is 32.8 Å². The maximum Gasteiger partial charge on any atom is 0.251 e. The lowest BCUT2D eigenvalue weighted by atomic mass is 9.87. The Kier molecular flexibility index (Phi) is 6.53. The van der Waals surface area contributed by atoms with Crippen LogP contribution in [0.2, 0.25) is 0 Å². The first-order valence-corrected chi connectivity index (χ1v) is 10.1. The smallest absolute Gasteiger partial charge is 0.251 e. The van der Waals surface area contributed by atoms with Crippen molar-refractivity contribution in [1.29, 1.82) is 0 Å². The van der Waals surface area contributed by atoms with Gasteiger partial charge in [0.1, 0.15) is 0 Å². The molecule has 1 atom stereocenters. The third-order valence-electron chi connectivity index (χ3n) is 5.42. The fourth-order valence-corrected chi connectivity index (χ4v) is 3.55. The van der Waals surface area contributed by atoms with Gasteiger partial charge in [0, 0.05) is 25.2 Å². The van der Waals surface area contributed by atoms with Crippen molar-refractivity contribution in [2.45, 2.75) is 39.2 Å². The van der Waals surface area contributed by atoms with Gasteiger partial charge >= 0.3 is 0 Å². The molecule has 1 saturated heterocycles. The molecular formula is C24H32N2O2. The second-order valence-corrected chi connectivity index (χ2v) is 8.61. The van der Waals surface area contributed by atoms with Crippen LogP contribution in [-0.4, -0.2) is 43.7 Å². The molecule has 1 fully saturated rings. The second-order valence-electron chi connectivity index (χ2n) is 8.61. The molecule has 0 saturated carbocycles. The molecule has 2 aromatic rings. The maximum absolute atomic E-state index is 12.7. The molecule has 2 aromatic carbocycles. The Labute approximate surface area is 168 Å². The first-order chi connectivity index (χ1) is 13.3. The fourth-order valence-electron chi connectivity index (χ4n) is 3.55. The summed E-state index contributed by atoms with van der Waals surface area (Å²) in [6.45, 7) is 12.5. The number of hydrogen-bond donors (Lipinski definition) is 1. The standard InChI is InChI=1S/C24H32N2O2/c1-18-5-7-19(8-6-18)22(26-13-15-28-16-14-26)17-25-23(27)20-9-11-21(12-10-20)24(2,3)4/h5-12,22H,13-17H2,1-4H3,(H,25,27)/t22-/m1/s1. The van der Waals surface area contributed by atoms with E-state index in [1.54, 1.807) is 0 Å². The molecule has 1 aliphatic heterocycles. The van der Waals surface area contributed by atoms with E-state index in [1.165, 1.54) is 16.7 Å². The average molecular weight is 381 g/mol. The summed E-state index contributed by atoms with van der Waals surface area (Å²) in [5.41, 5.74) is 4.50. The number of rotatable bonds is 5. The minimum atomic E-state index is -0.0224. The van der Waals surface area contributed by atoms with Crippen LogP contribution < -0.4 is 5.32 Å². The monoisotopic (exact) mass is 380 g/mol. The van der Waals surface area contributed by atoms with Crippen LogP contribution in [0.4, 0.5) is 0 Å². The van der Waals surface area contributed by atoms with Gasteiger partial charge in [-0.2, -0.15) is 0 Å². The van der Waals surface area contributed by atoms with Crippen molar-refractivity contribution < 1.29 is 9.53 Å². The predicted octanol–water partition coefficient (Wildman–Crippen LogP) is 4.10. The quantitative estimate of drug-likeness (QED) is 0.849. The van der Waals surface area contributed by atoms with Gasteiger partial charge in [-0.1, -0.05) is 62.7 Å². The summed E-state index contributed by atoms with van der Waals surface area (Å²) in [6, 6.07) is 16.7. The van der Waals surface area contributed by atoms with Crippen molar-refractivity contribution in [3.63, 3.8) is 0 Å². The summed E-state index contributed by atoms with van der Waals surface area (Å²) in [6.07, 6.45) is 0. The van der Waals surface area contributed by atoms with E-state index < -0.39 is 0 Å². The van der Waals surface area contributed by atoms with E-state index in [4.69, 9.17) is 4.74 Å². The number of benzene rings is 2. The molecule has 1 heterocycles. The number of aryl methyl sites for hydroxylation is 1. The van der Waals surface area contributed by atoms with Crippen LogP contribution in [-0.2, 0) is 10.2 Å². The molecule has 1 aliphatic rings. The first-order valence-electron chi connectivity index (χ1n) is 10.1. The Hall–Kier alpha value is -2.17. The lowest BCUT2D eigenvalue weighted by Crippen LogP contribution is -2.43. The van der Waals surface area contributed by atoms with Gasteiger partial charge in [0.05, 0.1) is 19.3 Å². The van der Waals surface area contributed by atoms with Gasteiger partial charge in [0.15, 0.2) is 0 Å². The normalized spacial score (nSPS) is 16.6. The zero-order chi connectivity index (χ0) is 20.1. The second kappa shape index (κ2) is 8.89. The lowest BCUT2D eigenvalue weighted by Gasteiger charge is -2.35. The van der Waals surface area contributed by atoms with Crippen molar-refractivity contribution in [3.8, 4) is 0 Å². The molecule has 0 aromatic heterocycles. The van der Waals surface area contributed by atoms with Gasteiger partial charge in [0.2, 0.25) is 0 Å². The van der Waals surface area contributed by atoms with Gasteiger partial charge in [0.25, 0.3) is 5.91 Å². The molecule has 0 bridgehead atoms. The van der Waals surface area contributed by atoms with Crippen molar-refractivity contribution >= 4 is 5.91 Å². The molecule has 0 spiro atoms. The van der Waals surface area contributed by atoms with Crippen LogP contribution >= 0.6 is 0 Å². The highest BCUT2D eigenvalue weighted by molar-refractivity contribution is 5.94. The molecule has 1 amide bonds. The van der Waals surface area contributed by atoms with Crippen LogP contribution in [0, 0.1) is 6.92 Å². The first kappa shape index (κ1) is 20.6. The summed E-state index contributed by atoms with van der Waals surface area (Å²) in [4.78, 5) is 15.1. The Morgan fingerprint density at radius 3 is 2.21 bits per heavy atom. The lowest BCUT2D eigenvalue weighted by molar-refractivity contribution is 0.0162. The minimum absolute atomic E-state index is 0.0224. The summed E-state index contributed by atoms with van der Waals surface area (Å²) >= 11 is 0. The highest BCUT2D eigenvalue weighted by Gasteiger charge is 2.23. The minimum Gasteiger partial charge on any atom is -0.379 e. The molecule has 3 rings (SSSR count). The number of carbonyl (C=O) groups excluding carboxylic acids is 1. The molecule has 0 aliphatic carbocycles.